The minimum atomic E-state index is -0.123. The molecule has 1 amide bonds. The van der Waals surface area contributed by atoms with Crippen molar-refractivity contribution in [3.05, 3.63) is 41.2 Å². The second-order valence-corrected chi connectivity index (χ2v) is 6.66. The lowest BCUT2D eigenvalue weighted by Crippen LogP contribution is -2.15. The van der Waals surface area contributed by atoms with Crippen LogP contribution >= 0.6 is 11.8 Å². The molecule has 0 aliphatic heterocycles. The molecular weight excluding hydrogens is 338 g/mol. The van der Waals surface area contributed by atoms with E-state index in [-0.39, 0.29) is 11.7 Å². The Kier molecular flexibility index (Phi) is 4.84. The van der Waals surface area contributed by atoms with E-state index >= 15 is 0 Å². The van der Waals surface area contributed by atoms with E-state index in [9.17, 15) is 4.79 Å². The molecule has 0 aliphatic rings. The molecule has 0 radical (unpaired) electrons. The molecule has 0 fully saturated rings. The summed E-state index contributed by atoms with van der Waals surface area (Å²) in [6, 6.07) is 7.87. The normalized spacial score (nSPS) is 10.9. The van der Waals surface area contributed by atoms with Crippen molar-refractivity contribution in [3.8, 4) is 5.69 Å². The quantitative estimate of drug-likeness (QED) is 0.703. The average molecular weight is 357 g/mol. The van der Waals surface area contributed by atoms with Gasteiger partial charge in [0.2, 0.25) is 11.1 Å². The molecular formula is C16H19N7OS. The fourth-order valence-corrected chi connectivity index (χ4v) is 3.07. The Morgan fingerprint density at radius 3 is 2.56 bits per heavy atom. The monoisotopic (exact) mass is 357 g/mol. The summed E-state index contributed by atoms with van der Waals surface area (Å²) in [5.41, 5.74) is 4.49. The Hall–Kier alpha value is -2.68. The maximum absolute atomic E-state index is 12.3. The second kappa shape index (κ2) is 7.06. The zero-order valence-corrected chi connectivity index (χ0v) is 15.3. The van der Waals surface area contributed by atoms with Gasteiger partial charge in [-0.2, -0.15) is 9.78 Å². The zero-order chi connectivity index (χ0) is 18.0. The number of nitrogens with one attached hydrogen (secondary N) is 1. The lowest BCUT2D eigenvalue weighted by atomic mass is 10.2. The second-order valence-electron chi connectivity index (χ2n) is 5.72. The molecule has 130 valence electrons. The van der Waals surface area contributed by atoms with Gasteiger partial charge in [0.05, 0.1) is 28.5 Å². The van der Waals surface area contributed by atoms with Gasteiger partial charge in [-0.1, -0.05) is 29.5 Å². The van der Waals surface area contributed by atoms with E-state index in [0.29, 0.717) is 5.16 Å². The van der Waals surface area contributed by atoms with Crippen LogP contribution in [0.4, 0.5) is 5.69 Å². The molecule has 25 heavy (non-hydrogen) atoms. The first-order valence-electron chi connectivity index (χ1n) is 7.74. The summed E-state index contributed by atoms with van der Waals surface area (Å²) in [4.78, 5) is 12.3. The van der Waals surface area contributed by atoms with Crippen LogP contribution in [0.1, 0.15) is 17.0 Å². The van der Waals surface area contributed by atoms with Crippen molar-refractivity contribution in [1.82, 2.24) is 30.0 Å². The summed E-state index contributed by atoms with van der Waals surface area (Å²) >= 11 is 1.29. The number of amides is 1. The van der Waals surface area contributed by atoms with Crippen molar-refractivity contribution in [2.45, 2.75) is 25.9 Å². The number of aryl methyl sites for hydroxylation is 3. The number of carbonyl (C=O) groups is 1. The Labute approximate surface area is 149 Å². The van der Waals surface area contributed by atoms with Crippen LogP contribution in [0.15, 0.2) is 29.4 Å². The highest BCUT2D eigenvalue weighted by Gasteiger charge is 2.15. The number of benzene rings is 1. The summed E-state index contributed by atoms with van der Waals surface area (Å²) in [5, 5.41) is 19.5. The Bertz CT molecular complexity index is 898. The van der Waals surface area contributed by atoms with Gasteiger partial charge in [0, 0.05) is 7.05 Å². The van der Waals surface area contributed by atoms with E-state index in [4.69, 9.17) is 0 Å². The fraction of sp³-hybridized carbons (Fsp3) is 0.312. The first-order chi connectivity index (χ1) is 12.0. The SMILES string of the molecule is Cc1ccc(-n2nnnc2SCC(=O)Nc2c(C)nn(C)c2C)cc1. The predicted molar refractivity (Wildman–Crippen MR) is 95.9 cm³/mol. The number of aromatic nitrogens is 6. The number of anilines is 1. The third kappa shape index (κ3) is 3.71. The number of hydrogen-bond acceptors (Lipinski definition) is 6. The number of nitrogens with zero attached hydrogens (tertiary/aromatic N) is 6. The minimum Gasteiger partial charge on any atom is -0.322 e. The molecule has 0 saturated carbocycles. The first kappa shape index (κ1) is 17.2. The number of tetrazole rings is 1. The molecule has 2 aromatic heterocycles. The van der Waals surface area contributed by atoms with Gasteiger partial charge in [-0.3, -0.25) is 9.48 Å². The average Bonchev–Trinajstić information content (AvgIpc) is 3.14. The maximum atomic E-state index is 12.3. The number of hydrogen-bond donors (Lipinski definition) is 1. The molecule has 0 saturated heterocycles. The standard InChI is InChI=1S/C16H19N7OS/c1-10-5-7-13(8-6-10)23-16(18-20-21-23)25-9-14(24)17-15-11(2)19-22(4)12(15)3/h5-8H,9H2,1-4H3,(H,17,24). The van der Waals surface area contributed by atoms with E-state index in [0.717, 1.165) is 28.3 Å². The molecule has 1 aromatic carbocycles. The first-order valence-corrected chi connectivity index (χ1v) is 8.72. The van der Waals surface area contributed by atoms with Gasteiger partial charge in [0.25, 0.3) is 0 Å². The fourth-order valence-electron chi connectivity index (χ4n) is 2.38. The highest BCUT2D eigenvalue weighted by atomic mass is 32.2. The molecule has 0 aliphatic carbocycles. The van der Waals surface area contributed by atoms with Gasteiger partial charge in [0.15, 0.2) is 0 Å². The largest absolute Gasteiger partial charge is 0.322 e. The molecule has 0 unspecified atom stereocenters. The van der Waals surface area contributed by atoms with Gasteiger partial charge >= 0.3 is 0 Å². The van der Waals surface area contributed by atoms with E-state index in [1.165, 1.54) is 11.8 Å². The third-order valence-electron chi connectivity index (χ3n) is 3.83. The van der Waals surface area contributed by atoms with Crippen molar-refractivity contribution in [1.29, 1.82) is 0 Å². The summed E-state index contributed by atoms with van der Waals surface area (Å²) in [6.45, 7) is 5.81. The van der Waals surface area contributed by atoms with Crippen LogP contribution in [-0.4, -0.2) is 41.6 Å². The molecule has 3 rings (SSSR count). The van der Waals surface area contributed by atoms with Crippen molar-refractivity contribution in [3.63, 3.8) is 0 Å². The topological polar surface area (TPSA) is 90.5 Å². The predicted octanol–water partition coefficient (Wildman–Crippen LogP) is 2.05. The molecule has 0 atom stereocenters. The molecule has 1 N–H and O–H groups in total. The van der Waals surface area contributed by atoms with Crippen LogP contribution in [-0.2, 0) is 11.8 Å². The summed E-state index contributed by atoms with van der Waals surface area (Å²) in [6.07, 6.45) is 0. The Balaban J connectivity index is 1.67. The van der Waals surface area contributed by atoms with Gasteiger partial charge in [-0.15, -0.1) is 5.10 Å². The lowest BCUT2D eigenvalue weighted by molar-refractivity contribution is -0.113. The smallest absolute Gasteiger partial charge is 0.234 e. The van der Waals surface area contributed by atoms with Crippen LogP contribution in [0.3, 0.4) is 0 Å². The molecule has 0 spiro atoms. The number of carbonyl (C=O) groups excluding carboxylic acids is 1. The van der Waals surface area contributed by atoms with Gasteiger partial charge < -0.3 is 5.32 Å². The zero-order valence-electron chi connectivity index (χ0n) is 14.5. The van der Waals surface area contributed by atoms with Crippen LogP contribution < -0.4 is 5.32 Å². The number of rotatable bonds is 5. The van der Waals surface area contributed by atoms with Gasteiger partial charge in [-0.25, -0.2) is 0 Å². The highest BCUT2D eigenvalue weighted by molar-refractivity contribution is 7.99. The molecule has 0 bridgehead atoms. The van der Waals surface area contributed by atoms with Crippen LogP contribution in [0.5, 0.6) is 0 Å². The Morgan fingerprint density at radius 1 is 1.20 bits per heavy atom. The van der Waals surface area contributed by atoms with Crippen LogP contribution in [0.25, 0.3) is 5.69 Å². The van der Waals surface area contributed by atoms with E-state index in [1.54, 1.807) is 9.36 Å². The third-order valence-corrected chi connectivity index (χ3v) is 4.74. The number of thioether (sulfide) groups is 1. The van der Waals surface area contributed by atoms with E-state index < -0.39 is 0 Å². The van der Waals surface area contributed by atoms with Crippen LogP contribution in [0, 0.1) is 20.8 Å². The van der Waals surface area contributed by atoms with E-state index in [1.807, 2.05) is 52.1 Å². The minimum absolute atomic E-state index is 0.123. The lowest BCUT2D eigenvalue weighted by Gasteiger charge is -2.06. The maximum Gasteiger partial charge on any atom is 0.234 e. The molecule has 9 heteroatoms. The summed E-state index contributed by atoms with van der Waals surface area (Å²) in [5.74, 6) is 0.0858. The van der Waals surface area contributed by atoms with Gasteiger partial charge in [0.1, 0.15) is 0 Å². The summed E-state index contributed by atoms with van der Waals surface area (Å²) < 4.78 is 3.37. The highest BCUT2D eigenvalue weighted by Crippen LogP contribution is 2.21. The van der Waals surface area contributed by atoms with Crippen LogP contribution in [0.2, 0.25) is 0 Å². The molecule has 8 nitrogen and oxygen atoms in total. The molecule has 3 aromatic rings. The Morgan fingerprint density at radius 2 is 1.92 bits per heavy atom. The van der Waals surface area contributed by atoms with Crippen molar-refractivity contribution >= 4 is 23.4 Å². The molecule has 2 heterocycles. The van der Waals surface area contributed by atoms with Gasteiger partial charge in [-0.05, 0) is 43.3 Å². The van der Waals surface area contributed by atoms with E-state index in [2.05, 4.69) is 25.9 Å². The van der Waals surface area contributed by atoms with Crippen molar-refractivity contribution in [2.24, 2.45) is 7.05 Å². The van der Waals surface area contributed by atoms with Crippen molar-refractivity contribution in [2.75, 3.05) is 11.1 Å². The van der Waals surface area contributed by atoms with Crippen molar-refractivity contribution < 1.29 is 4.79 Å². The summed E-state index contributed by atoms with van der Waals surface area (Å²) in [7, 11) is 1.85.